The van der Waals surface area contributed by atoms with Crippen LogP contribution in [0.15, 0.2) is 12.1 Å². The first-order valence-corrected chi connectivity index (χ1v) is 9.79. The van der Waals surface area contributed by atoms with Crippen molar-refractivity contribution in [3.05, 3.63) is 34.4 Å². The van der Waals surface area contributed by atoms with Gasteiger partial charge in [0.15, 0.2) is 0 Å². The summed E-state index contributed by atoms with van der Waals surface area (Å²) in [4.78, 5) is 0. The molecular weight excluding hydrogens is 280 g/mol. The fourth-order valence-electron chi connectivity index (χ4n) is 3.36. The second-order valence-corrected chi connectivity index (χ2v) is 7.00. The zero-order valence-corrected chi connectivity index (χ0v) is 16.2. The second kappa shape index (κ2) is 11.7. The molecule has 1 heteroatoms. The predicted molar refractivity (Wildman–Crippen MR) is 102 cm³/mol. The minimum absolute atomic E-state index is 0.892. The Morgan fingerprint density at radius 3 is 1.91 bits per heavy atom. The van der Waals surface area contributed by atoms with Crippen LogP contribution in [0.4, 0.5) is 0 Å². The Kier molecular flexibility index (Phi) is 10.3. The van der Waals surface area contributed by atoms with E-state index in [1.807, 2.05) is 0 Å². The molecule has 132 valence electrons. The molecule has 0 atom stereocenters. The fourth-order valence-corrected chi connectivity index (χ4v) is 3.36. The second-order valence-electron chi connectivity index (χ2n) is 7.00. The van der Waals surface area contributed by atoms with E-state index in [9.17, 15) is 0 Å². The van der Waals surface area contributed by atoms with E-state index >= 15 is 0 Å². The first-order valence-electron chi connectivity index (χ1n) is 9.79. The molecular formula is C22H38O. The maximum Gasteiger partial charge on any atom is 0.0469 e. The van der Waals surface area contributed by atoms with Gasteiger partial charge in [-0.1, -0.05) is 52.2 Å². The smallest absolute Gasteiger partial charge is 0.0469 e. The summed E-state index contributed by atoms with van der Waals surface area (Å²) in [6.45, 7) is 13.1. The minimum atomic E-state index is 0.892. The number of rotatable bonds is 12. The molecule has 0 fully saturated rings. The summed E-state index contributed by atoms with van der Waals surface area (Å²) in [5.74, 6) is 0.916. The number of hydrogen-bond donors (Lipinski definition) is 0. The van der Waals surface area contributed by atoms with Gasteiger partial charge in [0, 0.05) is 13.2 Å². The van der Waals surface area contributed by atoms with Crippen molar-refractivity contribution in [3.63, 3.8) is 0 Å². The SMILES string of the molecule is CCCOCCCc1cc(C)c(CCCC(CC)CC)cc1C. The molecule has 1 aromatic carbocycles. The summed E-state index contributed by atoms with van der Waals surface area (Å²) in [5, 5.41) is 0. The summed E-state index contributed by atoms with van der Waals surface area (Å²) >= 11 is 0. The van der Waals surface area contributed by atoms with E-state index in [1.54, 1.807) is 5.56 Å². The Balaban J connectivity index is 2.49. The number of hydrogen-bond acceptors (Lipinski definition) is 1. The van der Waals surface area contributed by atoms with Gasteiger partial charge >= 0.3 is 0 Å². The Morgan fingerprint density at radius 1 is 0.826 bits per heavy atom. The van der Waals surface area contributed by atoms with Gasteiger partial charge in [0.25, 0.3) is 0 Å². The average molecular weight is 319 g/mol. The van der Waals surface area contributed by atoms with Gasteiger partial charge in [0.1, 0.15) is 0 Å². The van der Waals surface area contributed by atoms with E-state index in [2.05, 4.69) is 46.8 Å². The third kappa shape index (κ3) is 7.52. The molecule has 0 saturated carbocycles. The maximum atomic E-state index is 5.60. The van der Waals surface area contributed by atoms with E-state index < -0.39 is 0 Å². The van der Waals surface area contributed by atoms with Crippen molar-refractivity contribution in [3.8, 4) is 0 Å². The number of ether oxygens (including phenoxy) is 1. The Hall–Kier alpha value is -0.820. The van der Waals surface area contributed by atoms with Gasteiger partial charge in [-0.25, -0.2) is 0 Å². The third-order valence-corrected chi connectivity index (χ3v) is 5.09. The Bertz CT molecular complexity index is 432. The van der Waals surface area contributed by atoms with Gasteiger partial charge in [0.05, 0.1) is 0 Å². The van der Waals surface area contributed by atoms with Gasteiger partial charge in [-0.15, -0.1) is 0 Å². The molecule has 0 spiro atoms. The van der Waals surface area contributed by atoms with Crippen molar-refractivity contribution in [1.29, 1.82) is 0 Å². The molecule has 0 aromatic heterocycles. The highest BCUT2D eigenvalue weighted by Gasteiger charge is 2.07. The van der Waals surface area contributed by atoms with Crippen LogP contribution < -0.4 is 0 Å². The quantitative estimate of drug-likeness (QED) is 0.404. The van der Waals surface area contributed by atoms with Crippen LogP contribution in [-0.2, 0) is 17.6 Å². The van der Waals surface area contributed by atoms with Crippen LogP contribution >= 0.6 is 0 Å². The molecule has 0 saturated heterocycles. The van der Waals surface area contributed by atoms with Gasteiger partial charge in [-0.3, -0.25) is 0 Å². The van der Waals surface area contributed by atoms with Crippen molar-refractivity contribution >= 4 is 0 Å². The number of benzene rings is 1. The summed E-state index contributed by atoms with van der Waals surface area (Å²) in [5.41, 5.74) is 6.00. The van der Waals surface area contributed by atoms with Crippen molar-refractivity contribution in [2.75, 3.05) is 13.2 Å². The van der Waals surface area contributed by atoms with Crippen molar-refractivity contribution in [2.24, 2.45) is 5.92 Å². The van der Waals surface area contributed by atoms with Gasteiger partial charge in [-0.2, -0.15) is 0 Å². The topological polar surface area (TPSA) is 9.23 Å². The molecule has 1 aromatic rings. The van der Waals surface area contributed by atoms with E-state index in [0.717, 1.165) is 38.4 Å². The van der Waals surface area contributed by atoms with E-state index in [4.69, 9.17) is 4.74 Å². The zero-order chi connectivity index (χ0) is 17.1. The third-order valence-electron chi connectivity index (χ3n) is 5.09. The van der Waals surface area contributed by atoms with Crippen LogP contribution in [0.2, 0.25) is 0 Å². The summed E-state index contributed by atoms with van der Waals surface area (Å²) < 4.78 is 5.60. The molecule has 23 heavy (non-hydrogen) atoms. The Morgan fingerprint density at radius 2 is 1.39 bits per heavy atom. The molecule has 0 aliphatic heterocycles. The lowest BCUT2D eigenvalue weighted by atomic mass is 9.91. The molecule has 0 bridgehead atoms. The van der Waals surface area contributed by atoms with Crippen LogP contribution in [-0.4, -0.2) is 13.2 Å². The maximum absolute atomic E-state index is 5.60. The Labute approximate surface area is 144 Å². The van der Waals surface area contributed by atoms with Gasteiger partial charge in [0.2, 0.25) is 0 Å². The average Bonchev–Trinajstić information content (AvgIpc) is 2.55. The highest BCUT2D eigenvalue weighted by atomic mass is 16.5. The van der Waals surface area contributed by atoms with E-state index in [0.29, 0.717) is 0 Å². The molecule has 0 aliphatic rings. The van der Waals surface area contributed by atoms with Gasteiger partial charge in [-0.05, 0) is 74.1 Å². The van der Waals surface area contributed by atoms with Crippen LogP contribution in [0.25, 0.3) is 0 Å². The summed E-state index contributed by atoms with van der Waals surface area (Å²) in [6.07, 6.45) is 9.99. The van der Waals surface area contributed by atoms with E-state index in [-0.39, 0.29) is 0 Å². The molecule has 0 amide bonds. The summed E-state index contributed by atoms with van der Waals surface area (Å²) in [6, 6.07) is 4.85. The summed E-state index contributed by atoms with van der Waals surface area (Å²) in [7, 11) is 0. The first-order chi connectivity index (χ1) is 11.1. The van der Waals surface area contributed by atoms with Crippen LogP contribution in [0.5, 0.6) is 0 Å². The first kappa shape index (κ1) is 20.2. The normalized spacial score (nSPS) is 11.4. The van der Waals surface area contributed by atoms with Crippen molar-refractivity contribution in [1.82, 2.24) is 0 Å². The van der Waals surface area contributed by atoms with E-state index in [1.165, 1.54) is 48.8 Å². The molecule has 0 unspecified atom stereocenters. The molecule has 1 rings (SSSR count). The van der Waals surface area contributed by atoms with Crippen molar-refractivity contribution < 1.29 is 4.74 Å². The molecule has 1 nitrogen and oxygen atoms in total. The lowest BCUT2D eigenvalue weighted by molar-refractivity contribution is 0.132. The molecule has 0 N–H and O–H groups in total. The molecule has 0 heterocycles. The van der Waals surface area contributed by atoms with Crippen LogP contribution in [0.3, 0.4) is 0 Å². The lowest BCUT2D eigenvalue weighted by Gasteiger charge is -2.15. The minimum Gasteiger partial charge on any atom is -0.381 e. The molecule has 0 aliphatic carbocycles. The fraction of sp³-hybridized carbons (Fsp3) is 0.727. The largest absolute Gasteiger partial charge is 0.381 e. The lowest BCUT2D eigenvalue weighted by Crippen LogP contribution is -2.02. The van der Waals surface area contributed by atoms with Crippen molar-refractivity contribution in [2.45, 2.75) is 86.0 Å². The van der Waals surface area contributed by atoms with Crippen LogP contribution in [0.1, 0.15) is 81.5 Å². The van der Waals surface area contributed by atoms with Crippen LogP contribution in [0, 0.1) is 19.8 Å². The number of aryl methyl sites for hydroxylation is 4. The standard InChI is InChI=1S/C22H38O/c1-6-14-23-15-10-13-22-17-18(4)21(16-19(22)5)12-9-11-20(7-2)8-3/h16-17,20H,6-15H2,1-5H3. The van der Waals surface area contributed by atoms with Gasteiger partial charge < -0.3 is 4.74 Å². The zero-order valence-electron chi connectivity index (χ0n) is 16.2. The predicted octanol–water partition coefficient (Wildman–Crippen LogP) is 6.42. The highest BCUT2D eigenvalue weighted by Crippen LogP contribution is 2.22. The highest BCUT2D eigenvalue weighted by molar-refractivity contribution is 5.37. The monoisotopic (exact) mass is 318 g/mol. The molecule has 0 radical (unpaired) electrons.